The third-order valence-corrected chi connectivity index (χ3v) is 5.85. The van der Waals surface area contributed by atoms with Crippen molar-refractivity contribution in [3.05, 3.63) is 36.4 Å². The largest absolute Gasteiger partial charge is 0.298 e. The van der Waals surface area contributed by atoms with Crippen LogP contribution in [0.15, 0.2) is 30.6 Å². The molecule has 0 N–H and O–H groups in total. The molecule has 27 heavy (non-hydrogen) atoms. The van der Waals surface area contributed by atoms with Crippen LogP contribution in [0.1, 0.15) is 31.5 Å². The van der Waals surface area contributed by atoms with Crippen molar-refractivity contribution in [2.45, 2.75) is 44.2 Å². The van der Waals surface area contributed by atoms with Gasteiger partial charge in [0.15, 0.2) is 5.78 Å². The molecule has 2 aromatic heterocycles. The van der Waals surface area contributed by atoms with Crippen LogP contribution in [0.3, 0.4) is 0 Å². The van der Waals surface area contributed by atoms with Gasteiger partial charge in [-0.25, -0.2) is 9.97 Å². The minimum atomic E-state index is 0.207. The number of fused-ring (bicyclic) bond motifs is 3. The average Bonchev–Trinajstić information content (AvgIpc) is 3.37. The van der Waals surface area contributed by atoms with Crippen LogP contribution in [0, 0.1) is 0 Å². The van der Waals surface area contributed by atoms with Crippen molar-refractivity contribution < 1.29 is 4.79 Å². The normalized spacial score (nSPS) is 22.0. The summed E-state index contributed by atoms with van der Waals surface area (Å²) in [6, 6.07) is 7.18. The second-order valence-electron chi connectivity index (χ2n) is 7.69. The summed E-state index contributed by atoms with van der Waals surface area (Å²) in [5.41, 5.74) is 2.59. The third-order valence-electron chi connectivity index (χ3n) is 5.85. The molecular formula is C20H22N6O. The fourth-order valence-corrected chi connectivity index (χ4v) is 4.50. The van der Waals surface area contributed by atoms with Crippen LogP contribution in [0.4, 0.5) is 0 Å². The molecule has 0 saturated carbocycles. The van der Waals surface area contributed by atoms with Crippen LogP contribution in [-0.2, 0) is 18.3 Å². The van der Waals surface area contributed by atoms with Crippen molar-refractivity contribution in [1.82, 2.24) is 29.9 Å². The van der Waals surface area contributed by atoms with E-state index in [0.717, 1.165) is 22.2 Å². The molecule has 0 spiro atoms. The lowest BCUT2D eigenvalue weighted by atomic mass is 10.0. The summed E-state index contributed by atoms with van der Waals surface area (Å²) in [6.07, 6.45) is 8.94. The molecule has 2 saturated heterocycles. The first-order valence-electron chi connectivity index (χ1n) is 9.55. The van der Waals surface area contributed by atoms with Gasteiger partial charge in [-0.3, -0.25) is 14.4 Å². The molecule has 7 nitrogen and oxygen atoms in total. The lowest BCUT2D eigenvalue weighted by Gasteiger charge is -2.20. The van der Waals surface area contributed by atoms with Gasteiger partial charge in [-0.05, 0) is 31.7 Å². The smallest absolute Gasteiger partial charge is 0.154 e. The van der Waals surface area contributed by atoms with Crippen LogP contribution in [0.2, 0.25) is 0 Å². The number of carbonyl (C=O) groups is 1. The van der Waals surface area contributed by atoms with Crippen LogP contribution >= 0.6 is 0 Å². The highest BCUT2D eigenvalue weighted by atomic mass is 16.1. The van der Waals surface area contributed by atoms with E-state index >= 15 is 0 Å². The molecule has 7 heteroatoms. The number of rotatable bonds is 5. The first-order chi connectivity index (χ1) is 13.2. The van der Waals surface area contributed by atoms with E-state index in [-0.39, 0.29) is 5.78 Å². The number of nitrogens with zero attached hydrogens (tertiary/aromatic N) is 6. The zero-order chi connectivity index (χ0) is 18.4. The maximum absolute atomic E-state index is 12.6. The van der Waals surface area contributed by atoms with E-state index in [1.807, 2.05) is 31.4 Å². The number of hydrogen-bond donors (Lipinski definition) is 0. The average molecular weight is 362 g/mol. The first kappa shape index (κ1) is 16.5. The van der Waals surface area contributed by atoms with Crippen molar-refractivity contribution >= 4 is 16.7 Å². The number of hydrogen-bond acceptors (Lipinski definition) is 6. The van der Waals surface area contributed by atoms with Crippen molar-refractivity contribution in [1.29, 1.82) is 0 Å². The van der Waals surface area contributed by atoms with Gasteiger partial charge >= 0.3 is 0 Å². The van der Waals surface area contributed by atoms with E-state index in [1.54, 1.807) is 10.9 Å². The molecular weight excluding hydrogens is 340 g/mol. The summed E-state index contributed by atoms with van der Waals surface area (Å²) in [5, 5.41) is 9.09. The number of aromatic nitrogens is 5. The maximum atomic E-state index is 12.6. The Bertz CT molecular complexity index is 993. The molecule has 2 aliphatic rings. The Balaban J connectivity index is 1.35. The summed E-state index contributed by atoms with van der Waals surface area (Å²) in [5.74, 6) is 0.800. The molecule has 0 radical (unpaired) electrons. The van der Waals surface area contributed by atoms with Gasteiger partial charge in [-0.1, -0.05) is 17.3 Å². The molecule has 2 bridgehead atoms. The Morgan fingerprint density at radius 1 is 1.19 bits per heavy atom. The van der Waals surface area contributed by atoms with Gasteiger partial charge in [0, 0.05) is 36.3 Å². The predicted octanol–water partition coefficient (Wildman–Crippen LogP) is 2.16. The number of carbonyl (C=O) groups excluding carboxylic acids is 1. The Hall–Kier alpha value is -2.67. The highest BCUT2D eigenvalue weighted by molar-refractivity contribution is 5.85. The minimum Gasteiger partial charge on any atom is -0.298 e. The Labute approximate surface area is 157 Å². The summed E-state index contributed by atoms with van der Waals surface area (Å²) < 4.78 is 1.68. The summed E-state index contributed by atoms with van der Waals surface area (Å²) in [7, 11) is 1.84. The van der Waals surface area contributed by atoms with Crippen molar-refractivity contribution in [2.24, 2.45) is 7.05 Å². The molecule has 3 aromatic rings. The number of ketones is 1. The SMILES string of the molecule is Cn1cc(-c2ccc3cnc(CC(=O)CN4C5CCC4CC5)nc3c2)nn1. The predicted molar refractivity (Wildman–Crippen MR) is 101 cm³/mol. The molecule has 5 rings (SSSR count). The number of benzene rings is 1. The van der Waals surface area contributed by atoms with Gasteiger partial charge in [-0.2, -0.15) is 0 Å². The van der Waals surface area contributed by atoms with E-state index in [1.165, 1.54) is 25.7 Å². The lowest BCUT2D eigenvalue weighted by molar-refractivity contribution is -0.120. The number of aryl methyl sites for hydroxylation is 1. The summed E-state index contributed by atoms with van der Waals surface area (Å²) >= 11 is 0. The molecule has 138 valence electrons. The van der Waals surface area contributed by atoms with E-state index in [9.17, 15) is 4.79 Å². The van der Waals surface area contributed by atoms with Crippen LogP contribution in [-0.4, -0.2) is 54.3 Å². The molecule has 1 aromatic carbocycles. The highest BCUT2D eigenvalue weighted by Gasteiger charge is 2.39. The molecule has 2 fully saturated rings. The van der Waals surface area contributed by atoms with Crippen LogP contribution in [0.25, 0.3) is 22.2 Å². The van der Waals surface area contributed by atoms with E-state index < -0.39 is 0 Å². The second kappa shape index (κ2) is 6.49. The quantitative estimate of drug-likeness (QED) is 0.692. The zero-order valence-corrected chi connectivity index (χ0v) is 15.4. The summed E-state index contributed by atoms with van der Waals surface area (Å²) in [6.45, 7) is 0.538. The van der Waals surface area contributed by atoms with Gasteiger partial charge < -0.3 is 0 Å². The van der Waals surface area contributed by atoms with Gasteiger partial charge in [0.2, 0.25) is 0 Å². The van der Waals surface area contributed by atoms with Crippen LogP contribution < -0.4 is 0 Å². The van der Waals surface area contributed by atoms with Gasteiger partial charge in [0.1, 0.15) is 11.5 Å². The van der Waals surface area contributed by atoms with E-state index in [4.69, 9.17) is 0 Å². The van der Waals surface area contributed by atoms with E-state index in [0.29, 0.717) is 30.9 Å². The Morgan fingerprint density at radius 3 is 2.67 bits per heavy atom. The maximum Gasteiger partial charge on any atom is 0.154 e. The molecule has 0 amide bonds. The summed E-state index contributed by atoms with van der Waals surface area (Å²) in [4.78, 5) is 24.0. The second-order valence-corrected chi connectivity index (χ2v) is 7.69. The van der Waals surface area contributed by atoms with Gasteiger partial charge in [-0.15, -0.1) is 5.10 Å². The van der Waals surface area contributed by atoms with Crippen molar-refractivity contribution in [2.75, 3.05) is 6.54 Å². The fraction of sp³-hybridized carbons (Fsp3) is 0.450. The molecule has 0 unspecified atom stereocenters. The Kier molecular flexibility index (Phi) is 3.97. The topological polar surface area (TPSA) is 76.8 Å². The molecule has 0 atom stereocenters. The van der Waals surface area contributed by atoms with Crippen molar-refractivity contribution in [3.63, 3.8) is 0 Å². The number of Topliss-reactive ketones (excluding diaryl/α,β-unsaturated/α-hetero) is 1. The monoisotopic (exact) mass is 362 g/mol. The van der Waals surface area contributed by atoms with Gasteiger partial charge in [0.25, 0.3) is 0 Å². The Morgan fingerprint density at radius 2 is 1.96 bits per heavy atom. The standard InChI is InChI=1S/C20H22N6O/c1-25-12-19(23-24-25)13-2-3-14-10-21-20(22-18(14)8-13)9-17(27)11-26-15-4-5-16(26)7-6-15/h2-3,8,10,12,15-16H,4-7,9,11H2,1H3. The van der Waals surface area contributed by atoms with Gasteiger partial charge in [0.05, 0.1) is 24.7 Å². The fourth-order valence-electron chi connectivity index (χ4n) is 4.50. The van der Waals surface area contributed by atoms with E-state index in [2.05, 4.69) is 25.2 Å². The lowest BCUT2D eigenvalue weighted by Crippen LogP contribution is -2.34. The zero-order valence-electron chi connectivity index (χ0n) is 15.4. The molecule has 0 aliphatic carbocycles. The highest BCUT2D eigenvalue weighted by Crippen LogP contribution is 2.37. The third kappa shape index (κ3) is 3.12. The van der Waals surface area contributed by atoms with Crippen LogP contribution in [0.5, 0.6) is 0 Å². The first-order valence-corrected chi connectivity index (χ1v) is 9.55. The molecule has 4 heterocycles. The van der Waals surface area contributed by atoms with Crippen molar-refractivity contribution in [3.8, 4) is 11.3 Å². The molecule has 2 aliphatic heterocycles. The minimum absolute atomic E-state index is 0.207.